The monoisotopic (exact) mass is 412 g/mol. The van der Waals surface area contributed by atoms with Crippen LogP contribution in [0.4, 0.5) is 26.3 Å². The lowest BCUT2D eigenvalue weighted by Crippen LogP contribution is -2.50. The maximum absolute atomic E-state index is 12.7. The molecule has 0 amide bonds. The third-order valence-electron chi connectivity index (χ3n) is 3.06. The molecule has 4 nitrogen and oxygen atoms in total. The van der Waals surface area contributed by atoms with E-state index < -0.39 is 31.2 Å². The Kier molecular flexibility index (Phi) is 9.07. The van der Waals surface area contributed by atoms with Gasteiger partial charge >= 0.3 is 18.5 Å². The first kappa shape index (κ1) is 23.6. The zero-order chi connectivity index (χ0) is 21.2. The molecule has 0 aliphatic carbocycles. The first-order valence-corrected chi connectivity index (χ1v) is 7.83. The van der Waals surface area contributed by atoms with E-state index in [0.29, 0.717) is 11.5 Å². The summed E-state index contributed by atoms with van der Waals surface area (Å²) in [5.41, 5.74) is 0. The van der Waals surface area contributed by atoms with Crippen molar-refractivity contribution in [2.75, 3.05) is 13.2 Å². The summed E-state index contributed by atoms with van der Waals surface area (Å²) in [6, 6.07) is 17.4. The molecular formula is C18H18F6O4. The molecule has 2 unspecified atom stereocenters. The molecule has 0 radical (unpaired) electrons. The molecule has 1 heterocycles. The summed E-state index contributed by atoms with van der Waals surface area (Å²) in [6.45, 7) is -0.739. The van der Waals surface area contributed by atoms with Crippen molar-refractivity contribution in [3.63, 3.8) is 0 Å². The molecule has 0 bridgehead atoms. The molecule has 2 aromatic carbocycles. The standard InChI is InChI=1S/C6H6F6O2.2C6H6O/c7-4(8)5(9,6(10,11)12)14-2-3-1-13-3;2*7-6-4-2-1-3-5-6/h3-4H,1-2H2;2*1-5,7H. The lowest BCUT2D eigenvalue weighted by atomic mass is 10.3. The fourth-order valence-corrected chi connectivity index (χ4v) is 1.50. The summed E-state index contributed by atoms with van der Waals surface area (Å²) >= 11 is 0. The third-order valence-corrected chi connectivity index (χ3v) is 3.06. The molecule has 1 aliphatic heterocycles. The van der Waals surface area contributed by atoms with Crippen LogP contribution in [0.3, 0.4) is 0 Å². The van der Waals surface area contributed by atoms with E-state index in [2.05, 4.69) is 9.47 Å². The van der Waals surface area contributed by atoms with Crippen molar-refractivity contribution >= 4 is 0 Å². The topological polar surface area (TPSA) is 62.2 Å². The van der Waals surface area contributed by atoms with E-state index >= 15 is 0 Å². The van der Waals surface area contributed by atoms with Gasteiger partial charge in [0.1, 0.15) is 17.6 Å². The average molecular weight is 412 g/mol. The van der Waals surface area contributed by atoms with Crippen LogP contribution in [0.2, 0.25) is 0 Å². The number of alkyl halides is 6. The van der Waals surface area contributed by atoms with Gasteiger partial charge < -0.3 is 19.7 Å². The van der Waals surface area contributed by atoms with Gasteiger partial charge in [0.05, 0.1) is 13.2 Å². The van der Waals surface area contributed by atoms with Gasteiger partial charge in [0.15, 0.2) is 0 Å². The number of hydrogen-bond acceptors (Lipinski definition) is 4. The minimum Gasteiger partial charge on any atom is -0.508 e. The van der Waals surface area contributed by atoms with Gasteiger partial charge in [-0.25, -0.2) is 8.78 Å². The lowest BCUT2D eigenvalue weighted by molar-refractivity contribution is -0.369. The van der Waals surface area contributed by atoms with Crippen LogP contribution in [-0.4, -0.2) is 48.0 Å². The van der Waals surface area contributed by atoms with Gasteiger partial charge in [-0.05, 0) is 24.3 Å². The number of benzene rings is 2. The van der Waals surface area contributed by atoms with Gasteiger partial charge in [0.25, 0.3) is 0 Å². The van der Waals surface area contributed by atoms with E-state index in [1.807, 2.05) is 12.1 Å². The SMILES string of the molecule is FC(F)C(F)(OCC1CO1)C(F)(F)F.Oc1ccccc1.Oc1ccccc1. The zero-order valence-electron chi connectivity index (χ0n) is 14.3. The molecule has 1 saturated heterocycles. The van der Waals surface area contributed by atoms with Gasteiger partial charge in [-0.2, -0.15) is 17.6 Å². The van der Waals surface area contributed by atoms with Crippen LogP contribution in [0.15, 0.2) is 60.7 Å². The number of phenolic OH excluding ortho intramolecular Hbond substituents is 2. The summed E-state index contributed by atoms with van der Waals surface area (Å²) in [6.07, 6.45) is -10.7. The molecule has 3 rings (SSSR count). The first-order valence-electron chi connectivity index (χ1n) is 7.83. The molecule has 10 heteroatoms. The molecule has 28 heavy (non-hydrogen) atoms. The molecule has 1 fully saturated rings. The van der Waals surface area contributed by atoms with Gasteiger partial charge in [0, 0.05) is 0 Å². The van der Waals surface area contributed by atoms with Crippen LogP contribution in [0, 0.1) is 0 Å². The molecule has 0 aromatic heterocycles. The van der Waals surface area contributed by atoms with Crippen molar-refractivity contribution in [1.82, 2.24) is 0 Å². The molecule has 2 N–H and O–H groups in total. The van der Waals surface area contributed by atoms with E-state index in [0.717, 1.165) is 0 Å². The van der Waals surface area contributed by atoms with Gasteiger partial charge in [-0.1, -0.05) is 36.4 Å². The second-order valence-electron chi connectivity index (χ2n) is 5.38. The van der Waals surface area contributed by atoms with Crippen LogP contribution < -0.4 is 0 Å². The Labute approximate surface area is 156 Å². The minimum atomic E-state index is -5.75. The van der Waals surface area contributed by atoms with Gasteiger partial charge in [-0.3, -0.25) is 0 Å². The Bertz CT molecular complexity index is 627. The second-order valence-corrected chi connectivity index (χ2v) is 5.38. The maximum atomic E-state index is 12.7. The van der Waals surface area contributed by atoms with E-state index in [1.54, 1.807) is 48.5 Å². The van der Waals surface area contributed by atoms with E-state index in [4.69, 9.17) is 10.2 Å². The number of phenols is 2. The Hall–Kier alpha value is -2.46. The number of aromatic hydroxyl groups is 2. The van der Waals surface area contributed by atoms with Crippen molar-refractivity contribution < 1.29 is 46.0 Å². The molecular weight excluding hydrogens is 394 g/mol. The van der Waals surface area contributed by atoms with Gasteiger partial charge in [-0.15, -0.1) is 0 Å². The van der Waals surface area contributed by atoms with E-state index in [9.17, 15) is 26.3 Å². The molecule has 2 atom stereocenters. The normalized spacial score (nSPS) is 17.5. The second kappa shape index (κ2) is 10.8. The largest absolute Gasteiger partial charge is 0.508 e. The Morgan fingerprint density at radius 2 is 1.29 bits per heavy atom. The predicted molar refractivity (Wildman–Crippen MR) is 87.8 cm³/mol. The molecule has 1 aliphatic rings. The number of ether oxygens (including phenoxy) is 2. The highest BCUT2D eigenvalue weighted by Crippen LogP contribution is 2.40. The number of rotatable bonds is 4. The molecule has 0 spiro atoms. The highest BCUT2D eigenvalue weighted by Gasteiger charge is 2.65. The lowest BCUT2D eigenvalue weighted by Gasteiger charge is -2.26. The summed E-state index contributed by atoms with van der Waals surface area (Å²) < 4.78 is 79.6. The van der Waals surface area contributed by atoms with Crippen LogP contribution in [0.1, 0.15) is 0 Å². The van der Waals surface area contributed by atoms with E-state index in [1.165, 1.54) is 0 Å². The van der Waals surface area contributed by atoms with Crippen molar-refractivity contribution in [3.8, 4) is 11.5 Å². The average Bonchev–Trinajstić information content (AvgIpc) is 3.45. The van der Waals surface area contributed by atoms with Crippen LogP contribution in [0.5, 0.6) is 11.5 Å². The van der Waals surface area contributed by atoms with Crippen molar-refractivity contribution in [2.45, 2.75) is 24.6 Å². The minimum absolute atomic E-state index is 0.0944. The summed E-state index contributed by atoms with van der Waals surface area (Å²) in [4.78, 5) is 0. The maximum Gasteiger partial charge on any atom is 0.454 e. The highest BCUT2D eigenvalue weighted by molar-refractivity contribution is 5.19. The Morgan fingerprint density at radius 1 is 0.893 bits per heavy atom. The van der Waals surface area contributed by atoms with Gasteiger partial charge in [0.2, 0.25) is 0 Å². The third kappa shape index (κ3) is 8.49. The number of para-hydroxylation sites is 2. The van der Waals surface area contributed by atoms with E-state index in [-0.39, 0.29) is 6.61 Å². The summed E-state index contributed by atoms with van der Waals surface area (Å²) in [7, 11) is 0. The van der Waals surface area contributed by atoms with Crippen molar-refractivity contribution in [3.05, 3.63) is 60.7 Å². The van der Waals surface area contributed by atoms with Crippen LogP contribution >= 0.6 is 0 Å². The van der Waals surface area contributed by atoms with Crippen molar-refractivity contribution in [1.29, 1.82) is 0 Å². The molecule has 0 saturated carbocycles. The van der Waals surface area contributed by atoms with Crippen LogP contribution in [0.25, 0.3) is 0 Å². The quantitative estimate of drug-likeness (QED) is 0.566. The van der Waals surface area contributed by atoms with Crippen molar-refractivity contribution in [2.24, 2.45) is 0 Å². The fraction of sp³-hybridized carbons (Fsp3) is 0.333. The summed E-state index contributed by atoms with van der Waals surface area (Å²) in [5.74, 6) is -4.26. The first-order chi connectivity index (χ1) is 13.1. The molecule has 156 valence electrons. The number of epoxide rings is 1. The van der Waals surface area contributed by atoms with Crippen LogP contribution in [-0.2, 0) is 9.47 Å². The number of halogens is 6. The zero-order valence-corrected chi connectivity index (χ0v) is 14.3. The number of hydrogen-bond donors (Lipinski definition) is 2. The Balaban J connectivity index is 0.000000233. The fourth-order valence-electron chi connectivity index (χ4n) is 1.50. The molecule has 2 aromatic rings. The highest BCUT2D eigenvalue weighted by atomic mass is 19.4. The smallest absolute Gasteiger partial charge is 0.454 e. The summed E-state index contributed by atoms with van der Waals surface area (Å²) in [5, 5.41) is 17.3. The predicted octanol–water partition coefficient (Wildman–Crippen LogP) is 4.68. The Morgan fingerprint density at radius 3 is 1.50 bits per heavy atom.